The van der Waals surface area contributed by atoms with E-state index in [1.54, 1.807) is 25.2 Å². The van der Waals surface area contributed by atoms with Crippen LogP contribution >= 0.6 is 0 Å². The van der Waals surface area contributed by atoms with Gasteiger partial charge in [0.2, 0.25) is 15.6 Å². The summed E-state index contributed by atoms with van der Waals surface area (Å²) in [4.78, 5) is 16.8. The van der Waals surface area contributed by atoms with Crippen LogP contribution in [0.5, 0.6) is 0 Å². The molecular weight excluding hydrogens is 350 g/mol. The zero-order valence-electron chi connectivity index (χ0n) is 15.7. The second-order valence-electron chi connectivity index (χ2n) is 7.27. The molecule has 0 unspecified atom stereocenters. The number of sulfonamides is 1. The molecule has 0 atom stereocenters. The Bertz CT molecular complexity index is 946. The van der Waals surface area contributed by atoms with Crippen LogP contribution in [0.25, 0.3) is 10.9 Å². The van der Waals surface area contributed by atoms with Crippen LogP contribution in [0.2, 0.25) is 0 Å². The van der Waals surface area contributed by atoms with Crippen LogP contribution in [0, 0.1) is 6.92 Å². The van der Waals surface area contributed by atoms with Gasteiger partial charge in [0.15, 0.2) is 0 Å². The second-order valence-corrected chi connectivity index (χ2v) is 9.31. The highest BCUT2D eigenvalue weighted by Crippen LogP contribution is 2.23. The lowest BCUT2D eigenvalue weighted by atomic mass is 10.1. The fraction of sp³-hybridized carbons (Fsp3) is 0.526. The van der Waals surface area contributed by atoms with Gasteiger partial charge in [-0.1, -0.05) is 12.8 Å². The molecule has 0 bridgehead atoms. The van der Waals surface area contributed by atoms with Crippen molar-refractivity contribution in [2.75, 3.05) is 27.2 Å². The predicted octanol–water partition coefficient (Wildman–Crippen LogP) is 2.33. The van der Waals surface area contributed by atoms with Gasteiger partial charge in [0.1, 0.15) is 0 Å². The Hall–Kier alpha value is -1.70. The molecule has 1 fully saturated rings. The number of benzene rings is 1. The van der Waals surface area contributed by atoms with Gasteiger partial charge < -0.3 is 9.88 Å². The third kappa shape index (κ3) is 3.84. The molecule has 2 aromatic rings. The average Bonchev–Trinajstić information content (AvgIpc) is 3.13. The van der Waals surface area contributed by atoms with Crippen molar-refractivity contribution in [3.63, 3.8) is 0 Å². The van der Waals surface area contributed by atoms with E-state index in [-0.39, 0.29) is 10.5 Å². The Balaban J connectivity index is 1.78. The molecule has 1 aromatic carbocycles. The van der Waals surface area contributed by atoms with Gasteiger partial charge in [-0.2, -0.15) is 4.31 Å². The SMILES string of the molecule is Cc1cc(=O)[nH]c2ccc(S(=O)(=O)N(C)CCN(C)C3CCCC3)cc12. The van der Waals surface area contributed by atoms with Crippen molar-refractivity contribution < 1.29 is 8.42 Å². The van der Waals surface area contributed by atoms with Crippen LogP contribution < -0.4 is 5.56 Å². The van der Waals surface area contributed by atoms with Crippen LogP contribution in [0.3, 0.4) is 0 Å². The molecule has 0 radical (unpaired) electrons. The zero-order chi connectivity index (χ0) is 18.9. The minimum atomic E-state index is -3.56. The van der Waals surface area contributed by atoms with Crippen molar-refractivity contribution in [1.29, 1.82) is 0 Å². The minimum Gasteiger partial charge on any atom is -0.322 e. The van der Waals surface area contributed by atoms with Crippen molar-refractivity contribution in [2.24, 2.45) is 0 Å². The molecule has 0 amide bonds. The predicted molar refractivity (Wildman–Crippen MR) is 104 cm³/mol. The molecule has 0 saturated heterocycles. The molecule has 142 valence electrons. The number of aryl methyl sites for hydroxylation is 1. The van der Waals surface area contributed by atoms with E-state index < -0.39 is 10.0 Å². The molecule has 1 aliphatic carbocycles. The molecule has 1 aromatic heterocycles. The summed E-state index contributed by atoms with van der Waals surface area (Å²) in [6.07, 6.45) is 4.94. The van der Waals surface area contributed by atoms with Gasteiger partial charge in [0.05, 0.1) is 4.90 Å². The molecule has 7 heteroatoms. The molecule has 1 N–H and O–H groups in total. The highest BCUT2D eigenvalue weighted by atomic mass is 32.2. The van der Waals surface area contributed by atoms with Gasteiger partial charge in [-0.25, -0.2) is 8.42 Å². The quantitative estimate of drug-likeness (QED) is 0.839. The van der Waals surface area contributed by atoms with E-state index in [0.717, 1.165) is 17.5 Å². The standard InChI is InChI=1S/C19H27N3O3S/c1-14-12-19(23)20-18-9-8-16(13-17(14)18)26(24,25)22(3)11-10-21(2)15-6-4-5-7-15/h8-9,12-13,15H,4-7,10-11H2,1-3H3,(H,20,23). The molecule has 6 nitrogen and oxygen atoms in total. The summed E-state index contributed by atoms with van der Waals surface area (Å²) in [6, 6.07) is 6.93. The normalized spacial score (nSPS) is 16.2. The molecule has 1 saturated carbocycles. The Morgan fingerprint density at radius 3 is 2.50 bits per heavy atom. The summed E-state index contributed by atoms with van der Waals surface area (Å²) in [6.45, 7) is 2.99. The lowest BCUT2D eigenvalue weighted by Gasteiger charge is -2.26. The Labute approximate surface area is 154 Å². The zero-order valence-corrected chi connectivity index (χ0v) is 16.5. The molecular formula is C19H27N3O3S. The van der Waals surface area contributed by atoms with Gasteiger partial charge in [-0.15, -0.1) is 0 Å². The topological polar surface area (TPSA) is 73.5 Å². The van der Waals surface area contributed by atoms with Crippen molar-refractivity contribution in [1.82, 2.24) is 14.2 Å². The maximum Gasteiger partial charge on any atom is 0.248 e. The lowest BCUT2D eigenvalue weighted by molar-refractivity contribution is 0.233. The number of hydrogen-bond acceptors (Lipinski definition) is 4. The fourth-order valence-corrected chi connectivity index (χ4v) is 4.88. The third-order valence-corrected chi connectivity index (χ3v) is 7.30. The average molecular weight is 378 g/mol. The van der Waals surface area contributed by atoms with Crippen molar-refractivity contribution in [3.8, 4) is 0 Å². The van der Waals surface area contributed by atoms with E-state index in [0.29, 0.717) is 18.1 Å². The molecule has 0 aliphatic heterocycles. The summed E-state index contributed by atoms with van der Waals surface area (Å²) in [5.41, 5.74) is 1.24. The highest BCUT2D eigenvalue weighted by molar-refractivity contribution is 7.89. The Kier molecular flexibility index (Phi) is 5.50. The van der Waals surface area contributed by atoms with Gasteiger partial charge in [-0.05, 0) is 50.6 Å². The molecule has 1 aliphatic rings. The minimum absolute atomic E-state index is 0.183. The number of H-pyrrole nitrogens is 1. The Morgan fingerprint density at radius 2 is 1.81 bits per heavy atom. The molecule has 0 spiro atoms. The van der Waals surface area contributed by atoms with Crippen molar-refractivity contribution >= 4 is 20.9 Å². The van der Waals surface area contributed by atoms with E-state index in [2.05, 4.69) is 16.9 Å². The number of nitrogens with one attached hydrogen (secondary N) is 1. The molecule has 1 heterocycles. The smallest absolute Gasteiger partial charge is 0.248 e. The van der Waals surface area contributed by atoms with Crippen LogP contribution in [-0.2, 0) is 10.0 Å². The van der Waals surface area contributed by atoms with Gasteiger partial charge >= 0.3 is 0 Å². The fourth-order valence-electron chi connectivity index (χ4n) is 3.69. The second kappa shape index (κ2) is 7.50. The summed E-state index contributed by atoms with van der Waals surface area (Å²) in [5.74, 6) is 0. The number of fused-ring (bicyclic) bond motifs is 1. The van der Waals surface area contributed by atoms with E-state index in [1.807, 2.05) is 6.92 Å². The van der Waals surface area contributed by atoms with Crippen LogP contribution in [0.4, 0.5) is 0 Å². The third-order valence-electron chi connectivity index (χ3n) is 5.45. The highest BCUT2D eigenvalue weighted by Gasteiger charge is 2.24. The summed E-state index contributed by atoms with van der Waals surface area (Å²) < 4.78 is 27.3. The van der Waals surface area contributed by atoms with Crippen LogP contribution in [0.15, 0.2) is 34.0 Å². The largest absolute Gasteiger partial charge is 0.322 e. The molecule has 3 rings (SSSR count). The number of aromatic amines is 1. The number of hydrogen-bond donors (Lipinski definition) is 1. The number of aromatic nitrogens is 1. The van der Waals surface area contributed by atoms with Gasteiger partial charge in [-0.3, -0.25) is 4.79 Å². The monoisotopic (exact) mass is 377 g/mol. The van der Waals surface area contributed by atoms with Gasteiger partial charge in [0.25, 0.3) is 0 Å². The first kappa shape index (κ1) is 19.1. The maximum atomic E-state index is 12.9. The van der Waals surface area contributed by atoms with E-state index in [4.69, 9.17) is 0 Å². The van der Waals surface area contributed by atoms with E-state index in [9.17, 15) is 13.2 Å². The first-order valence-electron chi connectivity index (χ1n) is 9.09. The first-order valence-corrected chi connectivity index (χ1v) is 10.5. The van der Waals surface area contributed by atoms with Crippen molar-refractivity contribution in [2.45, 2.75) is 43.5 Å². The van der Waals surface area contributed by atoms with Gasteiger partial charge in [0, 0.05) is 43.1 Å². The number of nitrogens with zero attached hydrogens (tertiary/aromatic N) is 2. The molecule has 26 heavy (non-hydrogen) atoms. The number of likely N-dealkylation sites (N-methyl/N-ethyl adjacent to an activating group) is 2. The maximum absolute atomic E-state index is 12.9. The number of rotatable bonds is 6. The van der Waals surface area contributed by atoms with Crippen LogP contribution in [0.1, 0.15) is 31.2 Å². The first-order chi connectivity index (χ1) is 12.3. The van der Waals surface area contributed by atoms with E-state index in [1.165, 1.54) is 36.1 Å². The summed E-state index contributed by atoms with van der Waals surface area (Å²) >= 11 is 0. The van der Waals surface area contributed by atoms with Crippen molar-refractivity contribution in [3.05, 3.63) is 40.2 Å². The lowest BCUT2D eigenvalue weighted by Crippen LogP contribution is -2.38. The Morgan fingerprint density at radius 1 is 1.12 bits per heavy atom. The van der Waals surface area contributed by atoms with Crippen LogP contribution in [-0.4, -0.2) is 55.8 Å². The van der Waals surface area contributed by atoms with E-state index >= 15 is 0 Å². The summed E-state index contributed by atoms with van der Waals surface area (Å²) in [5, 5.41) is 0.752. The summed E-state index contributed by atoms with van der Waals surface area (Å²) in [7, 11) is 0.140. The number of pyridine rings is 1.